The van der Waals surface area contributed by atoms with Crippen molar-refractivity contribution in [2.24, 2.45) is 7.05 Å². The number of nitrogens with zero attached hydrogens (tertiary/aromatic N) is 3. The Morgan fingerprint density at radius 2 is 2.17 bits per heavy atom. The summed E-state index contributed by atoms with van der Waals surface area (Å²) in [6.45, 7) is 0. The third kappa shape index (κ3) is 2.11. The van der Waals surface area contributed by atoms with Crippen molar-refractivity contribution >= 4 is 0 Å². The molecule has 8 heteroatoms. The fourth-order valence-corrected chi connectivity index (χ4v) is 2.94. The molecule has 1 aliphatic rings. The molecule has 2 aromatic heterocycles. The zero-order chi connectivity index (χ0) is 17.5. The lowest BCUT2D eigenvalue weighted by Gasteiger charge is -2.29. The Bertz CT molecular complexity index is 874. The standard InChI is InChI=1S/C16H14FN3O4/c1-19-11(10-4-3-9-18-15(10)17)6-7-13(19)16(20(23)24)8-2-5-12(21)14(16)22/h2-9,14,21-22H,1H3. The number of hydrogen-bond donors (Lipinski definition) is 2. The summed E-state index contributed by atoms with van der Waals surface area (Å²) >= 11 is 0. The number of allylic oxidation sites excluding steroid dienone is 2. The fraction of sp³-hybridized carbons (Fsp3) is 0.188. The summed E-state index contributed by atoms with van der Waals surface area (Å²) in [6.07, 6.45) is 3.25. The molecule has 2 N–H and O–H groups in total. The Hall–Kier alpha value is -3.00. The number of aromatic nitrogens is 2. The summed E-state index contributed by atoms with van der Waals surface area (Å²) in [4.78, 5) is 14.7. The van der Waals surface area contributed by atoms with Crippen molar-refractivity contribution in [2.45, 2.75) is 11.6 Å². The van der Waals surface area contributed by atoms with E-state index in [2.05, 4.69) is 4.98 Å². The van der Waals surface area contributed by atoms with Crippen LogP contribution in [0.2, 0.25) is 0 Å². The Morgan fingerprint density at radius 1 is 1.42 bits per heavy atom. The van der Waals surface area contributed by atoms with Gasteiger partial charge in [0.1, 0.15) is 11.5 Å². The lowest BCUT2D eigenvalue weighted by atomic mass is 9.84. The van der Waals surface area contributed by atoms with Crippen molar-refractivity contribution in [3.05, 3.63) is 76.2 Å². The van der Waals surface area contributed by atoms with Crippen molar-refractivity contribution in [3.63, 3.8) is 0 Å². The van der Waals surface area contributed by atoms with Crippen LogP contribution in [0.4, 0.5) is 4.39 Å². The normalized spacial score (nSPS) is 23.1. The summed E-state index contributed by atoms with van der Waals surface area (Å²) in [7, 11) is 1.53. The largest absolute Gasteiger partial charge is 0.509 e. The number of halogens is 1. The summed E-state index contributed by atoms with van der Waals surface area (Å²) < 4.78 is 15.3. The van der Waals surface area contributed by atoms with Crippen molar-refractivity contribution in [2.75, 3.05) is 0 Å². The molecule has 0 saturated heterocycles. The second-order valence-corrected chi connectivity index (χ2v) is 5.44. The van der Waals surface area contributed by atoms with Gasteiger partial charge in [-0.15, -0.1) is 0 Å². The molecule has 2 heterocycles. The average molecular weight is 331 g/mol. The third-order valence-corrected chi connectivity index (χ3v) is 4.18. The lowest BCUT2D eigenvalue weighted by molar-refractivity contribution is -0.577. The minimum absolute atomic E-state index is 0.106. The Balaban J connectivity index is 2.20. The first-order chi connectivity index (χ1) is 11.4. The van der Waals surface area contributed by atoms with Crippen LogP contribution in [0.1, 0.15) is 5.69 Å². The molecule has 0 aliphatic heterocycles. The second-order valence-electron chi connectivity index (χ2n) is 5.44. The lowest BCUT2D eigenvalue weighted by Crippen LogP contribution is -2.48. The predicted molar refractivity (Wildman–Crippen MR) is 83.1 cm³/mol. The van der Waals surface area contributed by atoms with E-state index in [-0.39, 0.29) is 11.3 Å². The van der Waals surface area contributed by atoms with Crippen LogP contribution in [-0.2, 0) is 12.6 Å². The van der Waals surface area contributed by atoms with Gasteiger partial charge in [0.15, 0.2) is 6.10 Å². The van der Waals surface area contributed by atoms with E-state index in [9.17, 15) is 24.7 Å². The first kappa shape index (κ1) is 15.9. The maximum atomic E-state index is 13.9. The quantitative estimate of drug-likeness (QED) is 0.509. The Morgan fingerprint density at radius 3 is 2.83 bits per heavy atom. The molecule has 0 radical (unpaired) electrons. The van der Waals surface area contributed by atoms with Gasteiger partial charge >= 0.3 is 5.54 Å². The number of nitro groups is 1. The highest BCUT2D eigenvalue weighted by Crippen LogP contribution is 2.38. The highest BCUT2D eigenvalue weighted by molar-refractivity contribution is 5.61. The van der Waals surface area contributed by atoms with Gasteiger partial charge in [-0.3, -0.25) is 10.1 Å². The van der Waals surface area contributed by atoms with Crippen LogP contribution in [0.5, 0.6) is 0 Å². The van der Waals surface area contributed by atoms with E-state index < -0.39 is 28.3 Å². The topological polar surface area (TPSA) is 101 Å². The molecule has 124 valence electrons. The van der Waals surface area contributed by atoms with E-state index in [0.29, 0.717) is 5.69 Å². The monoisotopic (exact) mass is 331 g/mol. The smallest absolute Gasteiger partial charge is 0.312 e. The van der Waals surface area contributed by atoms with Crippen molar-refractivity contribution < 1.29 is 19.5 Å². The molecule has 0 bridgehead atoms. The summed E-state index contributed by atoms with van der Waals surface area (Å²) in [5, 5.41) is 31.8. The molecule has 0 fully saturated rings. The van der Waals surface area contributed by atoms with Gasteiger partial charge in [0.2, 0.25) is 5.95 Å². The Labute approximate surface area is 136 Å². The maximum Gasteiger partial charge on any atom is 0.312 e. The summed E-state index contributed by atoms with van der Waals surface area (Å²) in [5.41, 5.74) is -1.41. The van der Waals surface area contributed by atoms with Crippen LogP contribution < -0.4 is 0 Å². The highest BCUT2D eigenvalue weighted by Gasteiger charge is 2.54. The van der Waals surface area contributed by atoms with E-state index in [1.165, 1.54) is 54.2 Å². The minimum Gasteiger partial charge on any atom is -0.509 e. The van der Waals surface area contributed by atoms with Gasteiger partial charge < -0.3 is 14.8 Å². The molecule has 0 aromatic carbocycles. The fourth-order valence-electron chi connectivity index (χ4n) is 2.94. The first-order valence-corrected chi connectivity index (χ1v) is 7.07. The molecule has 3 rings (SSSR count). The van der Waals surface area contributed by atoms with Gasteiger partial charge in [0.05, 0.1) is 11.3 Å². The molecule has 2 atom stereocenters. The zero-order valence-electron chi connectivity index (χ0n) is 12.6. The van der Waals surface area contributed by atoms with Crippen LogP contribution >= 0.6 is 0 Å². The second kappa shape index (κ2) is 5.57. The number of rotatable bonds is 3. The molecule has 2 aromatic rings. The number of aliphatic hydroxyl groups is 2. The van der Waals surface area contributed by atoms with Crippen LogP contribution in [-0.4, -0.2) is 30.8 Å². The molecular weight excluding hydrogens is 317 g/mol. The van der Waals surface area contributed by atoms with Gasteiger partial charge in [0.25, 0.3) is 0 Å². The van der Waals surface area contributed by atoms with Gasteiger partial charge in [-0.25, -0.2) is 4.98 Å². The van der Waals surface area contributed by atoms with E-state index in [0.717, 1.165) is 0 Å². The van der Waals surface area contributed by atoms with E-state index in [1.807, 2.05) is 0 Å². The molecule has 24 heavy (non-hydrogen) atoms. The van der Waals surface area contributed by atoms with E-state index in [4.69, 9.17) is 0 Å². The average Bonchev–Trinajstić information content (AvgIpc) is 2.92. The number of pyridine rings is 1. The van der Waals surface area contributed by atoms with E-state index in [1.54, 1.807) is 6.07 Å². The van der Waals surface area contributed by atoms with Crippen molar-refractivity contribution in [1.82, 2.24) is 9.55 Å². The summed E-state index contributed by atoms with van der Waals surface area (Å²) in [5.74, 6) is -1.22. The number of hydrogen-bond acceptors (Lipinski definition) is 5. The van der Waals surface area contributed by atoms with Gasteiger partial charge in [0, 0.05) is 24.2 Å². The molecule has 7 nitrogen and oxygen atoms in total. The van der Waals surface area contributed by atoms with E-state index >= 15 is 0 Å². The highest BCUT2D eigenvalue weighted by atomic mass is 19.1. The first-order valence-electron chi connectivity index (χ1n) is 7.07. The van der Waals surface area contributed by atoms with Crippen LogP contribution in [0.3, 0.4) is 0 Å². The minimum atomic E-state index is -2.06. The van der Waals surface area contributed by atoms with Crippen LogP contribution in [0.15, 0.2) is 54.4 Å². The van der Waals surface area contributed by atoms with Gasteiger partial charge in [-0.1, -0.05) is 6.08 Å². The molecular formula is C16H14FN3O4. The Kier molecular flexibility index (Phi) is 3.69. The third-order valence-electron chi connectivity index (χ3n) is 4.18. The molecule has 2 unspecified atom stereocenters. The van der Waals surface area contributed by atoms with Crippen LogP contribution in [0.25, 0.3) is 11.3 Å². The number of aliphatic hydroxyl groups excluding tert-OH is 2. The van der Waals surface area contributed by atoms with Crippen molar-refractivity contribution in [3.8, 4) is 11.3 Å². The predicted octanol–water partition coefficient (Wildman–Crippen LogP) is 2.07. The molecule has 0 spiro atoms. The molecule has 1 aliphatic carbocycles. The van der Waals surface area contributed by atoms with Crippen molar-refractivity contribution in [1.29, 1.82) is 0 Å². The molecule has 0 amide bonds. The molecule has 0 saturated carbocycles. The van der Waals surface area contributed by atoms with Crippen LogP contribution in [0, 0.1) is 16.1 Å². The van der Waals surface area contributed by atoms with Gasteiger partial charge in [-0.2, -0.15) is 4.39 Å². The summed E-state index contributed by atoms with van der Waals surface area (Å²) in [6, 6.07) is 6.00. The maximum absolute atomic E-state index is 13.9. The SMILES string of the molecule is Cn1c(-c2cccnc2F)ccc1C1([N+](=O)[O-])C=CC=C(O)C1O. The van der Waals surface area contributed by atoms with Gasteiger partial charge in [-0.05, 0) is 30.3 Å². The zero-order valence-corrected chi connectivity index (χ0v) is 12.6.